The fraction of sp³-hybridized carbons (Fsp3) is 0.133. The van der Waals surface area contributed by atoms with Crippen molar-refractivity contribution in [1.29, 1.82) is 0 Å². The Hall–Kier alpha value is -3.99. The Morgan fingerprint density at radius 1 is 0.600 bits per heavy atom. The van der Waals surface area contributed by atoms with Crippen LogP contribution in [0.2, 0.25) is 0 Å². The molecule has 0 aliphatic rings. The van der Waals surface area contributed by atoms with Crippen LogP contribution in [0.25, 0.3) is 34.4 Å². The molecule has 0 aliphatic heterocycles. The van der Waals surface area contributed by atoms with Crippen molar-refractivity contribution in [1.82, 2.24) is 0 Å². The van der Waals surface area contributed by atoms with Gasteiger partial charge in [0.25, 0.3) is 0 Å². The molecule has 4 aromatic rings. The Morgan fingerprint density at radius 2 is 1.17 bits per heavy atom. The number of rotatable bonds is 8. The van der Waals surface area contributed by atoms with Gasteiger partial charge in [-0.25, -0.2) is 13.2 Å². The van der Waals surface area contributed by atoms with Gasteiger partial charge in [-0.15, -0.1) is 0 Å². The Morgan fingerprint density at radius 3 is 1.83 bits per heavy atom. The van der Waals surface area contributed by atoms with Crippen molar-refractivity contribution in [2.45, 2.75) is 13.8 Å². The van der Waals surface area contributed by atoms with Crippen molar-refractivity contribution in [3.05, 3.63) is 107 Å². The molecule has 5 heteroatoms. The molecule has 0 fully saturated rings. The predicted octanol–water partition coefficient (Wildman–Crippen LogP) is 8.41. The number of benzene rings is 4. The molecule has 0 atom stereocenters. The Bertz CT molecular complexity index is 1330. The normalized spacial score (nSPS) is 11.1. The quantitative estimate of drug-likeness (QED) is 0.239. The molecular formula is C30H25F3O2. The minimum Gasteiger partial charge on any atom is -0.494 e. The summed E-state index contributed by atoms with van der Waals surface area (Å²) in [5.41, 5.74) is 2.83. The summed E-state index contributed by atoms with van der Waals surface area (Å²) in [6, 6.07) is 21.9. The summed E-state index contributed by atoms with van der Waals surface area (Å²) >= 11 is 0. The smallest absolute Gasteiger partial charge is 0.167 e. The maximum atomic E-state index is 14.8. The van der Waals surface area contributed by atoms with Crippen LogP contribution in [-0.4, -0.2) is 13.2 Å². The highest BCUT2D eigenvalue weighted by Crippen LogP contribution is 2.30. The first kappa shape index (κ1) is 24.1. The number of halogens is 3. The lowest BCUT2D eigenvalue weighted by molar-refractivity contribution is 0.338. The van der Waals surface area contributed by atoms with Crippen LogP contribution in [0.3, 0.4) is 0 Å². The van der Waals surface area contributed by atoms with Gasteiger partial charge in [-0.3, -0.25) is 0 Å². The topological polar surface area (TPSA) is 18.5 Å². The van der Waals surface area contributed by atoms with Gasteiger partial charge in [0.2, 0.25) is 0 Å². The highest BCUT2D eigenvalue weighted by atomic mass is 19.2. The summed E-state index contributed by atoms with van der Waals surface area (Å²) in [6.07, 6.45) is 3.21. The molecule has 0 saturated carbocycles. The Kier molecular flexibility index (Phi) is 7.56. The molecule has 0 aliphatic carbocycles. The van der Waals surface area contributed by atoms with Gasteiger partial charge in [-0.1, -0.05) is 60.7 Å². The molecule has 0 radical (unpaired) electrons. The summed E-state index contributed by atoms with van der Waals surface area (Å²) in [6.45, 7) is 4.72. The van der Waals surface area contributed by atoms with E-state index in [2.05, 4.69) is 0 Å². The molecule has 4 aromatic carbocycles. The van der Waals surface area contributed by atoms with E-state index in [9.17, 15) is 13.2 Å². The fourth-order valence-electron chi connectivity index (χ4n) is 3.76. The monoisotopic (exact) mass is 474 g/mol. The van der Waals surface area contributed by atoms with E-state index in [4.69, 9.17) is 9.47 Å². The van der Waals surface area contributed by atoms with Crippen molar-refractivity contribution >= 4 is 12.2 Å². The van der Waals surface area contributed by atoms with Gasteiger partial charge in [0.1, 0.15) is 17.3 Å². The number of ether oxygens (including phenoxy) is 2. The highest BCUT2D eigenvalue weighted by Gasteiger charge is 2.14. The second-order valence-corrected chi connectivity index (χ2v) is 7.82. The predicted molar refractivity (Wildman–Crippen MR) is 135 cm³/mol. The number of hydrogen-bond donors (Lipinski definition) is 0. The molecule has 2 nitrogen and oxygen atoms in total. The lowest BCUT2D eigenvalue weighted by Gasteiger charge is -2.09. The van der Waals surface area contributed by atoms with Gasteiger partial charge in [0, 0.05) is 22.8 Å². The van der Waals surface area contributed by atoms with E-state index in [1.807, 2.05) is 13.8 Å². The van der Waals surface area contributed by atoms with E-state index in [1.165, 1.54) is 12.1 Å². The van der Waals surface area contributed by atoms with Crippen LogP contribution in [0.5, 0.6) is 11.5 Å². The molecule has 35 heavy (non-hydrogen) atoms. The Balaban J connectivity index is 1.51. The first-order valence-corrected chi connectivity index (χ1v) is 11.4. The second kappa shape index (κ2) is 11.0. The molecule has 0 spiro atoms. The second-order valence-electron chi connectivity index (χ2n) is 7.82. The summed E-state index contributed by atoms with van der Waals surface area (Å²) in [4.78, 5) is 0. The van der Waals surface area contributed by atoms with E-state index in [0.717, 1.165) is 5.56 Å². The fourth-order valence-corrected chi connectivity index (χ4v) is 3.76. The maximum absolute atomic E-state index is 14.8. The van der Waals surface area contributed by atoms with Crippen LogP contribution >= 0.6 is 0 Å². The first-order valence-electron chi connectivity index (χ1n) is 11.4. The molecule has 0 amide bonds. The molecular weight excluding hydrogens is 449 g/mol. The van der Waals surface area contributed by atoms with E-state index in [1.54, 1.807) is 78.9 Å². The first-order chi connectivity index (χ1) is 17.0. The third kappa shape index (κ3) is 5.57. The van der Waals surface area contributed by atoms with Crippen LogP contribution in [0, 0.1) is 17.5 Å². The average molecular weight is 475 g/mol. The zero-order valence-corrected chi connectivity index (χ0v) is 19.5. The molecule has 0 N–H and O–H groups in total. The number of hydrogen-bond acceptors (Lipinski definition) is 2. The minimum absolute atomic E-state index is 0.138. The van der Waals surface area contributed by atoms with E-state index >= 15 is 0 Å². The SMILES string of the molecule is CCOc1ccc(-c2ccc(/C=C/c3ccc(-c4ccc(OCC)cc4F)cc3)c(F)c2F)cc1. The van der Waals surface area contributed by atoms with Gasteiger partial charge in [0.05, 0.1) is 13.2 Å². The summed E-state index contributed by atoms with van der Waals surface area (Å²) in [7, 11) is 0. The largest absolute Gasteiger partial charge is 0.494 e. The van der Waals surface area contributed by atoms with Crippen LogP contribution in [0.1, 0.15) is 25.0 Å². The zero-order chi connectivity index (χ0) is 24.8. The summed E-state index contributed by atoms with van der Waals surface area (Å²) in [5.74, 6) is -1.04. The average Bonchev–Trinajstić information content (AvgIpc) is 2.87. The van der Waals surface area contributed by atoms with Gasteiger partial charge in [0.15, 0.2) is 11.6 Å². The van der Waals surface area contributed by atoms with Gasteiger partial charge < -0.3 is 9.47 Å². The van der Waals surface area contributed by atoms with Gasteiger partial charge >= 0.3 is 0 Å². The molecule has 0 unspecified atom stereocenters. The van der Waals surface area contributed by atoms with Crippen LogP contribution < -0.4 is 9.47 Å². The van der Waals surface area contributed by atoms with E-state index < -0.39 is 11.6 Å². The summed E-state index contributed by atoms with van der Waals surface area (Å²) in [5, 5.41) is 0. The zero-order valence-electron chi connectivity index (χ0n) is 19.5. The third-order valence-corrected chi connectivity index (χ3v) is 5.52. The Labute approximate surface area is 203 Å². The lowest BCUT2D eigenvalue weighted by Crippen LogP contribution is -1.94. The minimum atomic E-state index is -0.916. The van der Waals surface area contributed by atoms with Crippen molar-refractivity contribution in [2.24, 2.45) is 0 Å². The molecule has 0 bridgehead atoms. The molecule has 178 valence electrons. The molecule has 0 saturated heterocycles. The van der Waals surface area contributed by atoms with E-state index in [-0.39, 0.29) is 16.9 Å². The molecule has 0 aromatic heterocycles. The van der Waals surface area contributed by atoms with Crippen LogP contribution in [0.4, 0.5) is 13.2 Å². The van der Waals surface area contributed by atoms with Crippen molar-refractivity contribution < 1.29 is 22.6 Å². The van der Waals surface area contributed by atoms with Crippen molar-refractivity contribution in [2.75, 3.05) is 13.2 Å². The summed E-state index contributed by atoms with van der Waals surface area (Å²) < 4.78 is 54.7. The molecule has 0 heterocycles. The molecule has 4 rings (SSSR count). The lowest BCUT2D eigenvalue weighted by atomic mass is 10.0. The van der Waals surface area contributed by atoms with Gasteiger partial charge in [-0.2, -0.15) is 0 Å². The third-order valence-electron chi connectivity index (χ3n) is 5.52. The van der Waals surface area contributed by atoms with Crippen molar-refractivity contribution in [3.63, 3.8) is 0 Å². The maximum Gasteiger partial charge on any atom is 0.167 e. The van der Waals surface area contributed by atoms with Crippen LogP contribution in [-0.2, 0) is 0 Å². The highest BCUT2D eigenvalue weighted by molar-refractivity contribution is 5.74. The van der Waals surface area contributed by atoms with Crippen molar-refractivity contribution in [3.8, 4) is 33.8 Å². The standard InChI is InChI=1S/C30H25F3O2/c1-3-34-24-14-11-22(12-15-24)27-17-13-23(29(32)30(27)33)10-7-20-5-8-21(9-6-20)26-18-16-25(35-4-2)19-28(26)31/h5-19H,3-4H2,1-2H3/b10-7+. The van der Waals surface area contributed by atoms with Gasteiger partial charge in [-0.05, 0) is 54.8 Å². The van der Waals surface area contributed by atoms with E-state index in [0.29, 0.717) is 41.4 Å². The van der Waals surface area contributed by atoms with Crippen LogP contribution in [0.15, 0.2) is 78.9 Å².